The fourth-order valence-electron chi connectivity index (χ4n) is 4.62. The quantitative estimate of drug-likeness (QED) is 0.184. The predicted molar refractivity (Wildman–Crippen MR) is 118 cm³/mol. The van der Waals surface area contributed by atoms with Crippen molar-refractivity contribution < 1.29 is 79.8 Å². The molecule has 3 aliphatic carbocycles. The highest BCUT2D eigenvalue weighted by atomic mass is 19.2. The number of hydrogen-bond donors (Lipinski definition) is 0. The molecule has 0 aromatic heterocycles. The van der Waals surface area contributed by atoms with Crippen molar-refractivity contribution in [1.82, 2.24) is 0 Å². The first-order chi connectivity index (χ1) is 19.9. The van der Waals surface area contributed by atoms with Crippen LogP contribution >= 0.6 is 0 Å². The summed E-state index contributed by atoms with van der Waals surface area (Å²) in [6, 6.07) is 0. The Morgan fingerprint density at radius 3 is 0.837 bits per heavy atom. The van der Waals surface area contributed by atoms with E-state index in [-0.39, 0.29) is 0 Å². The molecule has 0 heterocycles. The Morgan fingerprint density at radius 2 is 0.651 bits per heavy atom. The van der Waals surface area contributed by atoms with Gasteiger partial charge in [-0.2, -0.15) is 0 Å². The van der Waals surface area contributed by atoms with Gasteiger partial charge in [0.1, 0.15) is 16.8 Å². The van der Waals surface area contributed by atoms with E-state index in [9.17, 15) is 39.5 Å². The third-order valence-corrected chi connectivity index (χ3v) is 7.29. The Hall–Kier alpha value is -2.67. The number of alkyl halides is 3. The van der Waals surface area contributed by atoms with Gasteiger partial charge in [0.15, 0.2) is 88.4 Å². The number of hydrogen-bond acceptors (Lipinski definition) is 3. The normalized spacial score (nSPS) is 34.3. The number of rotatable bonds is 9. The smallest absolute Gasteiger partial charge is 0.370 e. The number of allylic oxidation sites excluding steroid dienone is 6. The largest absolute Gasteiger partial charge is 0.642 e. The van der Waals surface area contributed by atoms with E-state index in [2.05, 4.69) is 0 Å². The van der Waals surface area contributed by atoms with Gasteiger partial charge in [-0.05, 0) is 19.3 Å². The maximum Gasteiger partial charge on any atom is 0.642 e. The first-order valence-corrected chi connectivity index (χ1v) is 12.2. The van der Waals surface area contributed by atoms with Crippen LogP contribution in [0.4, 0.5) is 65.9 Å². The van der Waals surface area contributed by atoms with E-state index in [0.29, 0.717) is 20.8 Å². The highest BCUT2D eigenvalue weighted by Gasteiger charge is 2.63. The van der Waals surface area contributed by atoms with E-state index >= 15 is 26.3 Å². The molecule has 0 spiro atoms. The lowest BCUT2D eigenvalue weighted by Gasteiger charge is -2.44. The van der Waals surface area contributed by atoms with Crippen LogP contribution in [0.15, 0.2) is 69.9 Å². The topological polar surface area (TPSA) is 27.7 Å². The van der Waals surface area contributed by atoms with Gasteiger partial charge in [-0.25, -0.2) is 65.9 Å². The third-order valence-electron chi connectivity index (χ3n) is 7.29. The highest BCUT2D eigenvalue weighted by molar-refractivity contribution is 6.37. The fraction of sp³-hybridized carbons (Fsp3) is 0.500. The molecule has 3 aliphatic rings. The molecule has 0 aromatic rings. The second-order valence-electron chi connectivity index (χ2n) is 9.33. The van der Waals surface area contributed by atoms with Gasteiger partial charge in [0.25, 0.3) is 0 Å². The maximum absolute atomic E-state index is 15.1. The standard InChI is InChI=1S/C24H18BF15O3/c1-4-22(16(35)10(29)7(26)11(30)17(22)36)41-25(42-23(5-2)18(37)12(31)8(27)13(32)19(23)38)43-24(6-3)20(39)14(33)9(28)15(34)21(24)40/h16,18,20H,4-6H2,1-3H3. The van der Waals surface area contributed by atoms with Crippen LogP contribution in [-0.2, 0) is 14.0 Å². The van der Waals surface area contributed by atoms with Gasteiger partial charge in [-0.1, -0.05) is 20.8 Å². The van der Waals surface area contributed by atoms with Crippen LogP contribution in [0.3, 0.4) is 0 Å². The van der Waals surface area contributed by atoms with Crippen molar-refractivity contribution in [2.24, 2.45) is 0 Å². The lowest BCUT2D eigenvalue weighted by molar-refractivity contribution is -0.127. The van der Waals surface area contributed by atoms with Gasteiger partial charge in [-0.3, -0.25) is 0 Å². The summed E-state index contributed by atoms with van der Waals surface area (Å²) in [6.07, 6.45) is -15.3. The molecule has 3 nitrogen and oxygen atoms in total. The van der Waals surface area contributed by atoms with Crippen LogP contribution in [0.2, 0.25) is 0 Å². The molecule has 0 amide bonds. The van der Waals surface area contributed by atoms with Crippen LogP contribution in [0.5, 0.6) is 0 Å². The van der Waals surface area contributed by atoms with Crippen molar-refractivity contribution in [3.63, 3.8) is 0 Å². The van der Waals surface area contributed by atoms with Crippen LogP contribution in [0.1, 0.15) is 40.0 Å². The van der Waals surface area contributed by atoms with Crippen LogP contribution < -0.4 is 0 Å². The van der Waals surface area contributed by atoms with Gasteiger partial charge in [0.05, 0.1) is 0 Å². The molecule has 0 saturated heterocycles. The molecule has 0 aliphatic heterocycles. The van der Waals surface area contributed by atoms with Crippen molar-refractivity contribution in [2.45, 2.75) is 75.4 Å². The van der Waals surface area contributed by atoms with Crippen molar-refractivity contribution in [1.29, 1.82) is 0 Å². The van der Waals surface area contributed by atoms with Gasteiger partial charge in [0.2, 0.25) is 0 Å². The first-order valence-electron chi connectivity index (χ1n) is 12.2. The molecular formula is C24H18BF15O3. The third kappa shape index (κ3) is 4.94. The molecule has 0 bridgehead atoms. The van der Waals surface area contributed by atoms with Crippen LogP contribution in [0, 0.1) is 0 Å². The molecule has 0 fully saturated rings. The summed E-state index contributed by atoms with van der Waals surface area (Å²) in [5.41, 5.74) is -11.6. The van der Waals surface area contributed by atoms with Crippen molar-refractivity contribution >= 4 is 7.32 Å². The van der Waals surface area contributed by atoms with Crippen molar-refractivity contribution in [3.05, 3.63) is 69.9 Å². The molecule has 0 saturated carbocycles. The molecule has 0 radical (unpaired) electrons. The zero-order valence-corrected chi connectivity index (χ0v) is 21.8. The molecule has 6 unspecified atom stereocenters. The predicted octanol–water partition coefficient (Wildman–Crippen LogP) is 9.43. The summed E-state index contributed by atoms with van der Waals surface area (Å²) < 4.78 is 231. The Balaban J connectivity index is 2.29. The monoisotopic (exact) mass is 650 g/mol. The van der Waals surface area contributed by atoms with E-state index in [0.717, 1.165) is 0 Å². The van der Waals surface area contributed by atoms with E-state index < -0.39 is 132 Å². The summed E-state index contributed by atoms with van der Waals surface area (Å²) in [5, 5.41) is 0. The zero-order chi connectivity index (χ0) is 33.0. The van der Waals surface area contributed by atoms with E-state index in [1.165, 1.54) is 0 Å². The summed E-state index contributed by atoms with van der Waals surface area (Å²) in [5.74, 6) is -32.5. The maximum atomic E-state index is 15.1. The molecule has 240 valence electrons. The summed E-state index contributed by atoms with van der Waals surface area (Å²) >= 11 is 0. The molecule has 0 aromatic carbocycles. The Bertz CT molecular complexity index is 1210. The van der Waals surface area contributed by atoms with Crippen LogP contribution in [-0.4, -0.2) is 42.6 Å². The second-order valence-corrected chi connectivity index (χ2v) is 9.33. The average molecular weight is 650 g/mol. The molecule has 0 N–H and O–H groups in total. The van der Waals surface area contributed by atoms with Crippen LogP contribution in [0.25, 0.3) is 0 Å². The van der Waals surface area contributed by atoms with E-state index in [4.69, 9.17) is 14.0 Å². The van der Waals surface area contributed by atoms with Gasteiger partial charge >= 0.3 is 7.32 Å². The molecule has 3 rings (SSSR count). The average Bonchev–Trinajstić information content (AvgIpc) is 3.01. The van der Waals surface area contributed by atoms with E-state index in [1.54, 1.807) is 0 Å². The first kappa shape index (κ1) is 34.8. The van der Waals surface area contributed by atoms with Crippen molar-refractivity contribution in [2.75, 3.05) is 0 Å². The van der Waals surface area contributed by atoms with Gasteiger partial charge < -0.3 is 14.0 Å². The Labute approximate surface area is 233 Å². The SMILES string of the molecule is CCC1(OB(OC2(CC)C(F)=C(F)C(F)=C(F)C2F)OC2(CC)C(F)=C(F)C(F)=C(F)C2F)C(F)=C(F)C(F)=C(F)C1F. The summed E-state index contributed by atoms with van der Waals surface area (Å²) in [4.78, 5) is 0. The van der Waals surface area contributed by atoms with Crippen molar-refractivity contribution in [3.8, 4) is 0 Å². The molecule has 43 heavy (non-hydrogen) atoms. The second kappa shape index (κ2) is 12.0. The van der Waals surface area contributed by atoms with Gasteiger partial charge in [-0.15, -0.1) is 0 Å². The molecular weight excluding hydrogens is 632 g/mol. The summed E-state index contributed by atoms with van der Waals surface area (Å²) in [7, 11) is -3.66. The lowest BCUT2D eigenvalue weighted by atomic mass is 9.82. The minimum absolute atomic E-state index is 0.686. The van der Waals surface area contributed by atoms with E-state index in [1.807, 2.05) is 0 Å². The number of halogens is 15. The minimum Gasteiger partial charge on any atom is -0.370 e. The lowest BCUT2D eigenvalue weighted by Crippen LogP contribution is -2.59. The summed E-state index contributed by atoms with van der Waals surface area (Å²) in [6.45, 7) is 2.06. The molecule has 19 heteroatoms. The fourth-order valence-corrected chi connectivity index (χ4v) is 4.62. The molecule has 6 atom stereocenters. The zero-order valence-electron chi connectivity index (χ0n) is 21.8. The highest BCUT2D eigenvalue weighted by Crippen LogP contribution is 2.52. The Kier molecular flexibility index (Phi) is 9.74. The Morgan fingerprint density at radius 1 is 0.442 bits per heavy atom. The minimum atomic E-state index is -3.87. The van der Waals surface area contributed by atoms with Gasteiger partial charge in [0, 0.05) is 0 Å².